The number of nitrogens with zero attached hydrogens (tertiary/aromatic N) is 1. The lowest BCUT2D eigenvalue weighted by atomic mass is 9.88. The Balaban J connectivity index is 1.79. The molecule has 2 aromatic rings. The maximum atomic E-state index is 12.6. The van der Waals surface area contributed by atoms with Crippen LogP contribution in [-0.4, -0.2) is 12.9 Å². The van der Waals surface area contributed by atoms with E-state index in [2.05, 4.69) is 22.6 Å². The summed E-state index contributed by atoms with van der Waals surface area (Å²) in [4.78, 5) is 12.6. The van der Waals surface area contributed by atoms with Gasteiger partial charge in [-0.25, -0.2) is 0 Å². The van der Waals surface area contributed by atoms with Gasteiger partial charge in [0.25, 0.3) is 0 Å². The van der Waals surface area contributed by atoms with Crippen molar-refractivity contribution in [1.29, 1.82) is 0 Å². The number of ketones is 1. The molecule has 0 spiro atoms. The number of para-hydroxylation sites is 1. The average Bonchev–Trinajstić information content (AvgIpc) is 3.03. The molecule has 4 nitrogen and oxygen atoms in total. The highest BCUT2D eigenvalue weighted by atomic mass is 16.5. The van der Waals surface area contributed by atoms with E-state index in [0.29, 0.717) is 6.42 Å². The van der Waals surface area contributed by atoms with Crippen molar-refractivity contribution in [2.45, 2.75) is 25.3 Å². The van der Waals surface area contributed by atoms with Gasteiger partial charge in [0.1, 0.15) is 11.8 Å². The third kappa shape index (κ3) is 2.44. The van der Waals surface area contributed by atoms with Crippen molar-refractivity contribution in [3.05, 3.63) is 71.4 Å². The molecule has 1 atom stereocenters. The van der Waals surface area contributed by atoms with Crippen LogP contribution in [0.4, 0.5) is 5.69 Å². The zero-order chi connectivity index (χ0) is 16.5. The molecule has 0 radical (unpaired) electrons. The molecule has 1 heterocycles. The zero-order valence-electron chi connectivity index (χ0n) is 13.7. The van der Waals surface area contributed by atoms with E-state index in [1.165, 1.54) is 0 Å². The summed E-state index contributed by atoms with van der Waals surface area (Å²) in [5.41, 5.74) is 7.60. The highest BCUT2D eigenvalue weighted by Gasteiger charge is 2.39. The van der Waals surface area contributed by atoms with Gasteiger partial charge >= 0.3 is 0 Å². The monoisotopic (exact) mass is 320 g/mol. The van der Waals surface area contributed by atoms with Crippen LogP contribution in [0.2, 0.25) is 0 Å². The second-order valence-corrected chi connectivity index (χ2v) is 6.16. The molecule has 0 amide bonds. The standard InChI is InChI=1S/C20H20N2O2/c1-24-16-12-10-14(11-13-16)20-19-17(8-5-9-18(19)23)21-22(20)15-6-3-2-4-7-15/h2-4,6-7,10-13,20-21H,5,8-9H2,1H3/t20-/m1/s1. The second-order valence-electron chi connectivity index (χ2n) is 6.16. The van der Waals surface area contributed by atoms with Crippen LogP contribution in [0, 0.1) is 0 Å². The van der Waals surface area contributed by atoms with E-state index in [1.54, 1.807) is 7.11 Å². The van der Waals surface area contributed by atoms with E-state index in [9.17, 15) is 4.79 Å². The second kappa shape index (κ2) is 6.04. The van der Waals surface area contributed by atoms with Crippen molar-refractivity contribution >= 4 is 11.5 Å². The number of benzene rings is 2. The molecule has 0 fully saturated rings. The van der Waals surface area contributed by atoms with E-state index in [0.717, 1.165) is 41.1 Å². The highest BCUT2D eigenvalue weighted by molar-refractivity contribution is 5.99. The molecule has 1 aliphatic carbocycles. The van der Waals surface area contributed by atoms with Crippen LogP contribution in [0.25, 0.3) is 0 Å². The first-order valence-electron chi connectivity index (χ1n) is 8.29. The summed E-state index contributed by atoms with van der Waals surface area (Å²) in [6, 6.07) is 18.0. The lowest BCUT2D eigenvalue weighted by Crippen LogP contribution is -2.34. The van der Waals surface area contributed by atoms with Crippen LogP contribution in [0.5, 0.6) is 5.75 Å². The van der Waals surface area contributed by atoms with Crippen LogP contribution in [0.15, 0.2) is 65.9 Å². The van der Waals surface area contributed by atoms with Crippen LogP contribution >= 0.6 is 0 Å². The van der Waals surface area contributed by atoms with Crippen molar-refractivity contribution in [2.75, 3.05) is 12.1 Å². The summed E-state index contributed by atoms with van der Waals surface area (Å²) in [5, 5.41) is 2.11. The molecule has 122 valence electrons. The number of ether oxygens (including phenoxy) is 1. The smallest absolute Gasteiger partial charge is 0.163 e. The molecule has 0 unspecified atom stereocenters. The maximum Gasteiger partial charge on any atom is 0.163 e. The number of hydrazine groups is 1. The Bertz CT molecular complexity index is 781. The molecule has 0 saturated heterocycles. The SMILES string of the molecule is COc1ccc([C@@H]2C3=C(CCCC3=O)NN2c2ccccc2)cc1. The first-order chi connectivity index (χ1) is 11.8. The van der Waals surface area contributed by atoms with Crippen molar-refractivity contribution in [3.8, 4) is 5.75 Å². The summed E-state index contributed by atoms with van der Waals surface area (Å²) in [6.07, 6.45) is 2.48. The number of hydrogen-bond acceptors (Lipinski definition) is 4. The predicted molar refractivity (Wildman–Crippen MR) is 93.7 cm³/mol. The van der Waals surface area contributed by atoms with Gasteiger partial charge < -0.3 is 10.2 Å². The molecule has 2 aliphatic rings. The minimum Gasteiger partial charge on any atom is -0.497 e. The minimum atomic E-state index is -0.0962. The number of Topliss-reactive ketones (excluding diaryl/α,β-unsaturated/α-hetero) is 1. The largest absolute Gasteiger partial charge is 0.497 e. The third-order valence-corrected chi connectivity index (χ3v) is 4.71. The Morgan fingerprint density at radius 1 is 1.04 bits per heavy atom. The van der Waals surface area contributed by atoms with Crippen LogP contribution in [-0.2, 0) is 4.79 Å². The number of hydrogen-bond donors (Lipinski definition) is 1. The number of anilines is 1. The Morgan fingerprint density at radius 2 is 1.79 bits per heavy atom. The fourth-order valence-electron chi connectivity index (χ4n) is 3.54. The van der Waals surface area contributed by atoms with Crippen molar-refractivity contribution in [1.82, 2.24) is 5.43 Å². The van der Waals surface area contributed by atoms with E-state index >= 15 is 0 Å². The highest BCUT2D eigenvalue weighted by Crippen LogP contribution is 2.42. The van der Waals surface area contributed by atoms with Crippen molar-refractivity contribution < 1.29 is 9.53 Å². The molecule has 0 aromatic heterocycles. The molecule has 4 rings (SSSR count). The number of nitrogens with one attached hydrogen (secondary N) is 1. The van der Waals surface area contributed by atoms with Crippen molar-refractivity contribution in [3.63, 3.8) is 0 Å². The van der Waals surface area contributed by atoms with Gasteiger partial charge in [-0.15, -0.1) is 0 Å². The van der Waals surface area contributed by atoms with Gasteiger partial charge in [-0.2, -0.15) is 0 Å². The summed E-state index contributed by atoms with van der Waals surface area (Å²) >= 11 is 0. The van der Waals surface area contributed by atoms with Gasteiger partial charge in [-0.3, -0.25) is 9.80 Å². The fraction of sp³-hybridized carbons (Fsp3) is 0.250. The van der Waals surface area contributed by atoms with E-state index < -0.39 is 0 Å². The fourth-order valence-corrected chi connectivity index (χ4v) is 3.54. The number of allylic oxidation sites excluding steroid dienone is 1. The maximum absolute atomic E-state index is 12.6. The van der Waals surface area contributed by atoms with Crippen molar-refractivity contribution in [2.24, 2.45) is 0 Å². The molecular weight excluding hydrogens is 300 g/mol. The van der Waals surface area contributed by atoms with E-state index in [4.69, 9.17) is 4.74 Å². The lowest BCUT2D eigenvalue weighted by molar-refractivity contribution is -0.116. The molecule has 0 bridgehead atoms. The Kier molecular flexibility index (Phi) is 3.73. The van der Waals surface area contributed by atoms with Gasteiger partial charge in [-0.05, 0) is 42.7 Å². The van der Waals surface area contributed by atoms with Crippen LogP contribution in [0.3, 0.4) is 0 Å². The summed E-state index contributed by atoms with van der Waals surface area (Å²) in [7, 11) is 1.66. The topological polar surface area (TPSA) is 41.6 Å². The van der Waals surface area contributed by atoms with Gasteiger partial charge in [0.2, 0.25) is 0 Å². The quantitative estimate of drug-likeness (QED) is 0.935. The molecule has 1 aliphatic heterocycles. The lowest BCUT2D eigenvalue weighted by Gasteiger charge is -2.28. The molecule has 1 N–H and O–H groups in total. The molecule has 4 heteroatoms. The van der Waals surface area contributed by atoms with Gasteiger partial charge in [0.05, 0.1) is 12.8 Å². The third-order valence-electron chi connectivity index (χ3n) is 4.71. The van der Waals surface area contributed by atoms with Crippen LogP contribution < -0.4 is 15.2 Å². The molecule has 2 aromatic carbocycles. The number of carbonyl (C=O) groups excluding carboxylic acids is 1. The number of methoxy groups -OCH3 is 1. The van der Waals surface area contributed by atoms with Crippen LogP contribution in [0.1, 0.15) is 30.9 Å². The zero-order valence-corrected chi connectivity index (χ0v) is 13.7. The predicted octanol–water partition coefficient (Wildman–Crippen LogP) is 3.77. The molecule has 0 saturated carbocycles. The van der Waals surface area contributed by atoms with Gasteiger partial charge in [-0.1, -0.05) is 30.3 Å². The Morgan fingerprint density at radius 3 is 2.50 bits per heavy atom. The average molecular weight is 320 g/mol. The first-order valence-corrected chi connectivity index (χ1v) is 8.29. The summed E-state index contributed by atoms with van der Waals surface area (Å²) in [6.45, 7) is 0. The normalized spacial score (nSPS) is 20.0. The first kappa shape index (κ1) is 14.8. The van der Waals surface area contributed by atoms with E-state index in [-0.39, 0.29) is 11.8 Å². The number of carbonyl (C=O) groups is 1. The molecular formula is C20H20N2O2. The Hall–Kier alpha value is -2.75. The summed E-state index contributed by atoms with van der Waals surface area (Å²) in [5.74, 6) is 1.07. The summed E-state index contributed by atoms with van der Waals surface area (Å²) < 4.78 is 5.26. The van der Waals surface area contributed by atoms with Gasteiger partial charge in [0.15, 0.2) is 5.78 Å². The minimum absolute atomic E-state index is 0.0962. The Labute approximate surface area is 141 Å². The number of rotatable bonds is 3. The van der Waals surface area contributed by atoms with E-state index in [1.807, 2.05) is 42.5 Å². The van der Waals surface area contributed by atoms with Gasteiger partial charge in [0, 0.05) is 17.7 Å². The molecule has 24 heavy (non-hydrogen) atoms.